The number of nitrogens with two attached hydrogens (primary N) is 10. The Kier molecular flexibility index (Phi) is 51.5. The number of urea groups is 3. The summed E-state index contributed by atoms with van der Waals surface area (Å²) >= 11 is 0. The van der Waals surface area contributed by atoms with E-state index in [9.17, 15) is 34.2 Å². The maximum atomic E-state index is 16.0. The number of amides is 20. The Morgan fingerprint density at radius 3 is 1.26 bits per heavy atom. The Hall–Kier alpha value is -15.2. The summed E-state index contributed by atoms with van der Waals surface area (Å²) in [7, 11) is 1.48. The molecule has 53 nitrogen and oxygen atoms in total. The van der Waals surface area contributed by atoms with Gasteiger partial charge in [-0.25, -0.2) is 14.4 Å². The summed E-state index contributed by atoms with van der Waals surface area (Å²) < 4.78 is 0. The molecule has 4 aromatic carbocycles. The van der Waals surface area contributed by atoms with E-state index in [0.29, 0.717) is 16.5 Å². The third kappa shape index (κ3) is 44.5. The van der Waals surface area contributed by atoms with Crippen molar-refractivity contribution in [3.8, 4) is 11.5 Å². The van der Waals surface area contributed by atoms with Crippen molar-refractivity contribution in [3.05, 3.63) is 108 Å². The first kappa shape index (κ1) is 119. The molecule has 0 radical (unpaired) electrons. The van der Waals surface area contributed by atoms with Gasteiger partial charge in [0.25, 0.3) is 0 Å². The van der Waals surface area contributed by atoms with Gasteiger partial charge in [0.15, 0.2) is 23.8 Å². The lowest BCUT2D eigenvalue weighted by Gasteiger charge is -2.31. The van der Waals surface area contributed by atoms with Gasteiger partial charge < -0.3 is 173 Å². The van der Waals surface area contributed by atoms with E-state index in [1.807, 2.05) is 6.07 Å². The number of phenols is 2. The van der Waals surface area contributed by atoms with E-state index in [4.69, 9.17) is 79.0 Å². The molecule has 0 aromatic heterocycles. The molecule has 0 spiro atoms. The van der Waals surface area contributed by atoms with Crippen LogP contribution in [-0.2, 0) is 86.4 Å². The van der Waals surface area contributed by atoms with Gasteiger partial charge in [-0.15, -0.1) is 0 Å². The molecule has 4 aromatic rings. The molecule has 2 aliphatic heterocycles. The zero-order chi connectivity index (χ0) is 107. The topological polar surface area (TPSA) is 918 Å². The highest BCUT2D eigenvalue weighted by molar-refractivity contribution is 8.76. The number of phenolic OH excluding ortho intramolecular Hbond substituents is 2. The summed E-state index contributed by atoms with van der Waals surface area (Å²) in [5.74, 6) is -17.8. The molecule has 145 heavy (non-hydrogen) atoms. The predicted octanol–water partition coefficient (Wildman–Crippen LogP) is -7.18. The average Bonchev–Trinajstić information content (AvgIpc) is 1.69. The standard InChI is InChI=1S/C90H140N34O19S2/c91-34-4-3-16-58-74(131)118-63(22-11-41-111-90(104)143)83(140)124-42-12-23-69(124)82(139)121-65(45-50-27-32-55(126)33-28-50)78(135)117-60(19-8-38-108-87(100)101)73(130)115-62(21-10-40-110-89(103)142)76(133)122-67(80(137)112-57(70(93)127)17-6-36-106-85(96)97)47-144-145-48-68(81(138)120-64(44-49-25-30-54(125)31-26-49)77(134)116-61(72(129)114-58)20-9-39-109-88(102)141)123-79(136)66(46-51-24-29-52-13-1-2-14-53(52)43-51)119-75(132)59(18-7-37-107-86(98)99)113-71(128)56(92)15-5-35-105-84(94)95/h1-2,13-14,24-33,43,56-69,125-126H,3-12,15-23,34-42,44-48,91-92H2,(H2,93,127)(H,112,137)(H,113,128)(H,114,129)(H,115,130)(H,116,134)(H,117,135)(H,118,131)(H,119,132)(H,120,138)(H,121,139)(H,122,133)(H,123,136)(H4,94,95,105)(H4,96,97,106)(H4,98,99,107)(H4,100,101,108)(H3,102,109,141)(H3,103,110,142)(H3,104,111,143). The van der Waals surface area contributed by atoms with E-state index in [-0.39, 0.29) is 210 Å². The number of hydrogen-bond acceptors (Lipinski definition) is 27. The van der Waals surface area contributed by atoms with E-state index in [0.717, 1.165) is 31.9 Å². The Morgan fingerprint density at radius 2 is 0.793 bits per heavy atom. The zero-order valence-electron chi connectivity index (χ0n) is 80.4. The van der Waals surface area contributed by atoms with E-state index in [1.54, 1.807) is 36.4 Å². The maximum Gasteiger partial charge on any atom is 0.312 e. The molecule has 0 saturated carbocycles. The number of guanidine groups is 4. The highest BCUT2D eigenvalue weighted by atomic mass is 33.1. The van der Waals surface area contributed by atoms with Crippen LogP contribution in [0.2, 0.25) is 0 Å². The molecule has 45 N–H and O–H groups in total. The normalized spacial score (nSPS) is 20.0. The van der Waals surface area contributed by atoms with Crippen LogP contribution in [0, 0.1) is 21.6 Å². The lowest BCUT2D eigenvalue weighted by Crippen LogP contribution is -2.61. The fourth-order valence-electron chi connectivity index (χ4n) is 15.5. The Bertz CT molecular complexity index is 5090. The quantitative estimate of drug-likeness (QED) is 0.00846. The molecule has 2 aliphatic rings. The van der Waals surface area contributed by atoms with Crippen molar-refractivity contribution in [1.82, 2.24) is 106 Å². The molecular formula is C90H140N34O19S2. The molecule has 14 unspecified atom stereocenters. The van der Waals surface area contributed by atoms with Gasteiger partial charge >= 0.3 is 18.1 Å². The summed E-state index contributed by atoms with van der Waals surface area (Å²) in [5.41, 5.74) is 57.9. The van der Waals surface area contributed by atoms with Crippen LogP contribution >= 0.6 is 21.6 Å². The van der Waals surface area contributed by atoms with E-state index in [1.165, 1.54) is 48.5 Å². The molecule has 55 heteroatoms. The van der Waals surface area contributed by atoms with Crippen molar-refractivity contribution in [2.45, 2.75) is 226 Å². The third-order valence-electron chi connectivity index (χ3n) is 23.2. The number of aromatic hydroxyl groups is 2. The minimum absolute atomic E-state index is 0.00412. The zero-order valence-corrected chi connectivity index (χ0v) is 82.1. The van der Waals surface area contributed by atoms with E-state index >= 15 is 57.5 Å². The molecule has 20 amide bonds. The Balaban J connectivity index is 1.62. The van der Waals surface area contributed by atoms with Crippen molar-refractivity contribution in [1.29, 1.82) is 21.6 Å². The minimum Gasteiger partial charge on any atom is -0.508 e. The number of hydrogen-bond donors (Lipinski definition) is 35. The number of nitrogens with one attached hydrogen (secondary N) is 23. The molecule has 0 bridgehead atoms. The summed E-state index contributed by atoms with van der Waals surface area (Å²) in [6.45, 7) is -0.588. The smallest absolute Gasteiger partial charge is 0.312 e. The SMILES string of the molecule is N=C(N)NCCCC(N)C(=O)NC(CCCNC(=N)N)C(=O)NC(Cc1ccc2ccccc2c1)C(=O)NC1CSSCC(C(=O)NC(CCCNC(=N)N)C(N)=O)NC(=O)C(CCCNC(N)=O)NC(=O)C(CCCNC(=N)N)NC(=O)C(Cc2ccc(O)cc2)NC(=O)C2CCCN2C(=O)C(CCCNC(N)=O)NC(=O)C(CCCCN)NC(=O)C(CCCNC(N)=O)NC(=O)C(Cc2ccc(O)cc2)NC1=O. The highest BCUT2D eigenvalue weighted by Gasteiger charge is 2.43. The number of fused-ring (bicyclic) bond motifs is 2. The number of unbranched alkanes of at least 4 members (excludes halogenated alkanes) is 1. The fourth-order valence-corrected chi connectivity index (χ4v) is 17.9. The predicted molar refractivity (Wildman–Crippen MR) is 541 cm³/mol. The lowest BCUT2D eigenvalue weighted by molar-refractivity contribution is -0.142. The Labute approximate surface area is 844 Å². The van der Waals surface area contributed by atoms with Crippen LogP contribution in [0.3, 0.4) is 0 Å². The van der Waals surface area contributed by atoms with E-state index in [2.05, 4.69) is 101 Å². The molecule has 796 valence electrons. The number of primary amides is 4. The summed E-state index contributed by atoms with van der Waals surface area (Å²) in [5, 5.41) is 103. The lowest BCUT2D eigenvalue weighted by atomic mass is 10.00. The first-order valence-corrected chi connectivity index (χ1v) is 50.0. The first-order chi connectivity index (χ1) is 69.1. The fraction of sp³-hybridized carbons (Fsp3) is 0.522. The summed E-state index contributed by atoms with van der Waals surface area (Å²) in [4.78, 5) is 250. The first-order valence-electron chi connectivity index (χ1n) is 47.5. The van der Waals surface area contributed by atoms with Crippen molar-refractivity contribution in [2.24, 2.45) is 57.3 Å². The van der Waals surface area contributed by atoms with Gasteiger partial charge in [-0.2, -0.15) is 0 Å². The number of carbonyl (C=O) groups is 17. The summed E-state index contributed by atoms with van der Waals surface area (Å²) in [6, 6.07) is -2.89. The molecular weight excluding hydrogens is 1930 g/mol. The van der Waals surface area contributed by atoms with Crippen LogP contribution in [-0.4, -0.2) is 295 Å². The maximum absolute atomic E-state index is 16.0. The summed E-state index contributed by atoms with van der Waals surface area (Å²) in [6.07, 6.45) is -2.65. The van der Waals surface area contributed by atoms with Crippen LogP contribution in [0.5, 0.6) is 11.5 Å². The van der Waals surface area contributed by atoms with Gasteiger partial charge in [0.1, 0.15) is 90.0 Å². The number of rotatable bonds is 47. The van der Waals surface area contributed by atoms with Gasteiger partial charge in [0.05, 0.1) is 6.04 Å². The number of benzene rings is 4. The monoisotopic (exact) mass is 2070 g/mol. The Morgan fingerprint density at radius 1 is 0.400 bits per heavy atom. The average molecular weight is 2070 g/mol. The van der Waals surface area contributed by atoms with Gasteiger partial charge in [-0.1, -0.05) is 88.3 Å². The minimum atomic E-state index is -1.92. The van der Waals surface area contributed by atoms with Crippen molar-refractivity contribution in [2.75, 3.05) is 70.4 Å². The molecule has 6 rings (SSSR count). The number of nitrogens with zero attached hydrogens (tertiary/aromatic N) is 1. The van der Waals surface area contributed by atoms with Crippen molar-refractivity contribution in [3.63, 3.8) is 0 Å². The van der Waals surface area contributed by atoms with Crippen LogP contribution in [0.15, 0.2) is 91.0 Å². The van der Waals surface area contributed by atoms with Gasteiger partial charge in [0, 0.05) is 83.1 Å². The second-order valence-corrected chi connectivity index (χ2v) is 37.2. The molecule has 14 atom stereocenters. The van der Waals surface area contributed by atoms with Crippen molar-refractivity contribution >= 4 is 157 Å². The molecule has 2 heterocycles. The van der Waals surface area contributed by atoms with Crippen molar-refractivity contribution < 1.29 is 91.7 Å². The van der Waals surface area contributed by atoms with Crippen LogP contribution in [0.1, 0.15) is 139 Å². The van der Waals surface area contributed by atoms with Gasteiger partial charge in [-0.05, 0) is 180 Å². The van der Waals surface area contributed by atoms with E-state index < -0.39 is 228 Å². The molecule has 0 aliphatic carbocycles. The molecule has 2 fully saturated rings. The van der Waals surface area contributed by atoms with Crippen LogP contribution in [0.25, 0.3) is 10.8 Å². The molecule has 2 saturated heterocycles. The van der Waals surface area contributed by atoms with Gasteiger partial charge in [0.2, 0.25) is 82.7 Å². The number of carbonyl (C=O) groups excluding carboxylic acids is 17. The largest absolute Gasteiger partial charge is 0.508 e. The second-order valence-electron chi connectivity index (χ2n) is 34.6. The van der Waals surface area contributed by atoms with Gasteiger partial charge in [-0.3, -0.25) is 88.8 Å². The third-order valence-corrected chi connectivity index (χ3v) is 25.6. The second kappa shape index (κ2) is 63.0. The van der Waals surface area contributed by atoms with Crippen LogP contribution in [0.4, 0.5) is 14.4 Å². The van der Waals surface area contributed by atoms with Crippen LogP contribution < -0.4 is 158 Å². The highest BCUT2D eigenvalue weighted by Crippen LogP contribution is 2.27.